The maximum atomic E-state index is 12.3. The zero-order chi connectivity index (χ0) is 17.1. The summed E-state index contributed by atoms with van der Waals surface area (Å²) in [6.45, 7) is 5.79. The van der Waals surface area contributed by atoms with Gasteiger partial charge in [0, 0.05) is 12.3 Å². The van der Waals surface area contributed by atoms with E-state index in [0.29, 0.717) is 17.7 Å². The second-order valence-corrected chi connectivity index (χ2v) is 9.70. The number of carbonyl (C=O) groups excluding carboxylic acids is 1. The topological polar surface area (TPSA) is 72.5 Å². The first-order chi connectivity index (χ1) is 10.7. The first-order valence-electron chi connectivity index (χ1n) is 7.90. The van der Waals surface area contributed by atoms with E-state index in [1.165, 1.54) is 0 Å². The Balaban J connectivity index is 2.00. The summed E-state index contributed by atoms with van der Waals surface area (Å²) in [5.41, 5.74) is 1.30. The van der Waals surface area contributed by atoms with E-state index < -0.39 is 14.6 Å². The predicted molar refractivity (Wildman–Crippen MR) is 91.0 cm³/mol. The first kappa shape index (κ1) is 17.9. The molecule has 5 nitrogen and oxygen atoms in total. The van der Waals surface area contributed by atoms with Crippen LogP contribution in [0, 0.1) is 0 Å². The zero-order valence-electron chi connectivity index (χ0n) is 14.0. The van der Waals surface area contributed by atoms with E-state index in [2.05, 4.69) is 5.32 Å². The van der Waals surface area contributed by atoms with Gasteiger partial charge < -0.3 is 10.1 Å². The average Bonchev–Trinajstić information content (AvgIpc) is 2.89. The monoisotopic (exact) mass is 339 g/mol. The number of ether oxygens (including phenoxy) is 1. The molecule has 0 saturated carbocycles. The number of hydrogen-bond donors (Lipinski definition) is 1. The molecule has 1 fully saturated rings. The lowest BCUT2D eigenvalue weighted by Gasteiger charge is -2.19. The van der Waals surface area contributed by atoms with E-state index >= 15 is 0 Å². The number of nitrogens with one attached hydrogen (secondary N) is 1. The van der Waals surface area contributed by atoms with Crippen LogP contribution in [0.1, 0.15) is 45.6 Å². The molecule has 23 heavy (non-hydrogen) atoms. The summed E-state index contributed by atoms with van der Waals surface area (Å²) < 4.78 is 29.2. The SMILES string of the molecule is CC(C)(C)S(=O)(=O)Cc1cccc(NC(=O)C[C@@H]2CCCO2)c1. The van der Waals surface area contributed by atoms with Gasteiger partial charge in [-0.3, -0.25) is 4.79 Å². The minimum absolute atomic E-state index is 0.000508. The fourth-order valence-electron chi connectivity index (χ4n) is 2.40. The first-order valence-corrected chi connectivity index (χ1v) is 9.55. The van der Waals surface area contributed by atoms with Crippen molar-refractivity contribution in [3.8, 4) is 0 Å². The van der Waals surface area contributed by atoms with Gasteiger partial charge in [-0.25, -0.2) is 8.42 Å². The molecule has 1 saturated heterocycles. The van der Waals surface area contributed by atoms with Crippen LogP contribution in [-0.4, -0.2) is 31.8 Å². The molecule has 1 N–H and O–H groups in total. The normalized spacial score (nSPS) is 18.8. The van der Waals surface area contributed by atoms with Crippen molar-refractivity contribution >= 4 is 21.4 Å². The van der Waals surface area contributed by atoms with Crippen LogP contribution in [0.15, 0.2) is 24.3 Å². The molecule has 1 atom stereocenters. The van der Waals surface area contributed by atoms with Gasteiger partial charge in [0.25, 0.3) is 0 Å². The lowest BCUT2D eigenvalue weighted by molar-refractivity contribution is -0.118. The molecule has 0 radical (unpaired) electrons. The number of rotatable bonds is 5. The molecule has 1 aliphatic heterocycles. The third-order valence-electron chi connectivity index (χ3n) is 3.94. The van der Waals surface area contributed by atoms with Crippen LogP contribution in [0.25, 0.3) is 0 Å². The second-order valence-electron chi connectivity index (χ2n) is 6.96. The molecule has 2 rings (SSSR count). The highest BCUT2D eigenvalue weighted by Crippen LogP contribution is 2.22. The smallest absolute Gasteiger partial charge is 0.226 e. The summed E-state index contributed by atoms with van der Waals surface area (Å²) in [7, 11) is -3.25. The van der Waals surface area contributed by atoms with Gasteiger partial charge in [-0.2, -0.15) is 0 Å². The fourth-order valence-corrected chi connectivity index (χ4v) is 3.45. The molecule has 1 amide bonds. The fraction of sp³-hybridized carbons (Fsp3) is 0.588. The third-order valence-corrected chi connectivity index (χ3v) is 6.52. The Morgan fingerprint density at radius 3 is 2.70 bits per heavy atom. The van der Waals surface area contributed by atoms with E-state index in [1.807, 2.05) is 0 Å². The highest BCUT2D eigenvalue weighted by Gasteiger charge is 2.29. The van der Waals surface area contributed by atoms with Crippen LogP contribution in [0.3, 0.4) is 0 Å². The molecule has 128 valence electrons. The summed E-state index contributed by atoms with van der Waals surface area (Å²) in [6.07, 6.45) is 2.25. The molecule has 1 aromatic carbocycles. The lowest BCUT2D eigenvalue weighted by atomic mass is 10.1. The van der Waals surface area contributed by atoms with Gasteiger partial charge in [0.2, 0.25) is 5.91 Å². The summed E-state index contributed by atoms with van der Waals surface area (Å²) in [4.78, 5) is 12.0. The van der Waals surface area contributed by atoms with Gasteiger partial charge in [-0.1, -0.05) is 12.1 Å². The van der Waals surface area contributed by atoms with Crippen LogP contribution < -0.4 is 5.32 Å². The highest BCUT2D eigenvalue weighted by atomic mass is 32.2. The molecule has 0 spiro atoms. The number of hydrogen-bond acceptors (Lipinski definition) is 4. The summed E-state index contributed by atoms with van der Waals surface area (Å²) in [5, 5.41) is 2.82. The van der Waals surface area contributed by atoms with Crippen LogP contribution in [0.2, 0.25) is 0 Å². The molecule has 0 unspecified atom stereocenters. The number of carbonyl (C=O) groups is 1. The molecule has 0 aliphatic carbocycles. The zero-order valence-corrected chi connectivity index (χ0v) is 14.8. The van der Waals surface area contributed by atoms with Crippen molar-refractivity contribution in [1.82, 2.24) is 0 Å². The van der Waals surface area contributed by atoms with Crippen LogP contribution in [0.4, 0.5) is 5.69 Å². The van der Waals surface area contributed by atoms with Gasteiger partial charge in [-0.15, -0.1) is 0 Å². The molecule has 1 aliphatic rings. The third kappa shape index (κ3) is 5.04. The van der Waals surface area contributed by atoms with Crippen molar-refractivity contribution < 1.29 is 17.9 Å². The predicted octanol–water partition coefficient (Wildman–Crippen LogP) is 2.91. The number of anilines is 1. The van der Waals surface area contributed by atoms with Crippen molar-refractivity contribution in [3.63, 3.8) is 0 Å². The number of amides is 1. The van der Waals surface area contributed by atoms with Crippen LogP contribution >= 0.6 is 0 Å². The number of sulfone groups is 1. The molecule has 6 heteroatoms. The molecule has 1 heterocycles. The number of benzene rings is 1. The maximum absolute atomic E-state index is 12.3. The van der Waals surface area contributed by atoms with Crippen molar-refractivity contribution in [2.24, 2.45) is 0 Å². The average molecular weight is 339 g/mol. The molecular weight excluding hydrogens is 314 g/mol. The Kier molecular flexibility index (Phi) is 5.47. The quantitative estimate of drug-likeness (QED) is 0.895. The Morgan fingerprint density at radius 2 is 2.09 bits per heavy atom. The highest BCUT2D eigenvalue weighted by molar-refractivity contribution is 7.91. The van der Waals surface area contributed by atoms with Gasteiger partial charge >= 0.3 is 0 Å². The van der Waals surface area contributed by atoms with Gasteiger partial charge in [0.05, 0.1) is 23.0 Å². The van der Waals surface area contributed by atoms with Crippen LogP contribution in [-0.2, 0) is 25.1 Å². The Morgan fingerprint density at radius 1 is 1.35 bits per heavy atom. The van der Waals surface area contributed by atoms with Crippen molar-refractivity contribution in [1.29, 1.82) is 0 Å². The molecule has 0 bridgehead atoms. The summed E-state index contributed by atoms with van der Waals surface area (Å²) >= 11 is 0. The van der Waals surface area contributed by atoms with E-state index in [0.717, 1.165) is 19.4 Å². The van der Waals surface area contributed by atoms with E-state index in [-0.39, 0.29) is 17.8 Å². The minimum atomic E-state index is -3.25. The minimum Gasteiger partial charge on any atom is -0.378 e. The van der Waals surface area contributed by atoms with E-state index in [9.17, 15) is 13.2 Å². The van der Waals surface area contributed by atoms with Crippen molar-refractivity contribution in [3.05, 3.63) is 29.8 Å². The Labute approximate surface area is 138 Å². The van der Waals surface area contributed by atoms with Gasteiger partial charge in [-0.05, 0) is 51.3 Å². The van der Waals surface area contributed by atoms with Gasteiger partial charge in [0.15, 0.2) is 9.84 Å². The van der Waals surface area contributed by atoms with Crippen molar-refractivity contribution in [2.45, 2.75) is 56.6 Å². The van der Waals surface area contributed by atoms with E-state index in [1.54, 1.807) is 45.0 Å². The molecular formula is C17H25NO4S. The van der Waals surface area contributed by atoms with Gasteiger partial charge in [0.1, 0.15) is 0 Å². The standard InChI is InChI=1S/C17H25NO4S/c1-17(2,3)23(20,21)12-13-6-4-7-14(10-13)18-16(19)11-15-8-5-9-22-15/h4,6-7,10,15H,5,8-9,11-12H2,1-3H3,(H,18,19)/t15-/m0/s1. The Hall–Kier alpha value is -1.40. The largest absolute Gasteiger partial charge is 0.378 e. The summed E-state index contributed by atoms with van der Waals surface area (Å²) in [5.74, 6) is -0.140. The summed E-state index contributed by atoms with van der Waals surface area (Å²) in [6, 6.07) is 7.01. The molecule has 0 aromatic heterocycles. The second kappa shape index (κ2) is 7.01. The van der Waals surface area contributed by atoms with Crippen LogP contribution in [0.5, 0.6) is 0 Å². The lowest BCUT2D eigenvalue weighted by Crippen LogP contribution is -2.29. The van der Waals surface area contributed by atoms with E-state index in [4.69, 9.17) is 4.74 Å². The molecule has 1 aromatic rings. The Bertz CT molecular complexity index is 655. The maximum Gasteiger partial charge on any atom is 0.226 e. The van der Waals surface area contributed by atoms with Crippen molar-refractivity contribution in [2.75, 3.05) is 11.9 Å².